The van der Waals surface area contributed by atoms with E-state index in [0.717, 1.165) is 73.7 Å². The second-order valence-corrected chi connectivity index (χ2v) is 10.9. The number of unbranched alkanes of at least 4 members (excludes halogenated alkanes) is 8. The molecule has 2 aromatic rings. The van der Waals surface area contributed by atoms with Gasteiger partial charge in [0.1, 0.15) is 5.75 Å². The average Bonchev–Trinajstić information content (AvgIpc) is 3.31. The summed E-state index contributed by atoms with van der Waals surface area (Å²) in [4.78, 5) is 27.3. The Hall–Kier alpha value is -3.06. The monoisotopic (exact) mass is 568 g/mol. The number of carbonyl (C=O) groups excluding carboxylic acids is 2. The molecule has 7 nitrogen and oxygen atoms in total. The zero-order chi connectivity index (χ0) is 29.9. The summed E-state index contributed by atoms with van der Waals surface area (Å²) in [5.41, 5.74) is 1.75. The van der Waals surface area contributed by atoms with E-state index in [9.17, 15) is 9.59 Å². The number of fused-ring (bicyclic) bond motifs is 1. The molecular formula is C34H52N2O5. The molecule has 0 bridgehead atoms. The van der Waals surface area contributed by atoms with E-state index in [-0.39, 0.29) is 5.97 Å². The zero-order valence-corrected chi connectivity index (χ0v) is 26.0. The maximum Gasteiger partial charge on any atom is 0.421 e. The topological polar surface area (TPSA) is 70.0 Å². The summed E-state index contributed by atoms with van der Waals surface area (Å²) < 4.78 is 17.7. The molecule has 0 N–H and O–H groups in total. The molecule has 2 rings (SSSR count). The van der Waals surface area contributed by atoms with E-state index in [1.54, 1.807) is 20.2 Å². The first-order chi connectivity index (χ1) is 19.8. The molecule has 7 heteroatoms. The van der Waals surface area contributed by atoms with Crippen LogP contribution in [0.4, 0.5) is 4.79 Å². The van der Waals surface area contributed by atoms with Crippen molar-refractivity contribution in [3.05, 3.63) is 54.3 Å². The normalized spacial score (nSPS) is 12.5. The minimum absolute atomic E-state index is 0.327. The average molecular weight is 569 g/mol. The molecule has 0 aliphatic rings. The van der Waals surface area contributed by atoms with Crippen LogP contribution in [0, 0.1) is 0 Å². The number of methoxy groups -OCH3 is 1. The van der Waals surface area contributed by atoms with Crippen LogP contribution in [0.5, 0.6) is 5.75 Å². The SMILES string of the molecule is CCCCC/C=C\C/C=C\CCCCCCCC(=O)OC(C)OC(=O)n1cc(CCN(C)C)c2cc(OC)ccc21. The molecule has 0 saturated carbocycles. The lowest BCUT2D eigenvalue weighted by Gasteiger charge is -2.14. The van der Waals surface area contributed by atoms with Crippen LogP contribution in [-0.4, -0.2) is 55.6 Å². The number of aromatic nitrogens is 1. The number of likely N-dealkylation sites (N-methyl/N-ethyl adjacent to an activating group) is 1. The molecule has 1 aromatic carbocycles. The summed E-state index contributed by atoms with van der Waals surface area (Å²) in [6, 6.07) is 5.59. The lowest BCUT2D eigenvalue weighted by Crippen LogP contribution is -2.24. The van der Waals surface area contributed by atoms with Gasteiger partial charge in [0.05, 0.1) is 12.6 Å². The molecule has 228 valence electrons. The first kappa shape index (κ1) is 34.1. The largest absolute Gasteiger partial charge is 0.497 e. The quantitative estimate of drug-likeness (QED) is 0.0691. The van der Waals surface area contributed by atoms with Gasteiger partial charge >= 0.3 is 12.1 Å². The first-order valence-corrected chi connectivity index (χ1v) is 15.4. The van der Waals surface area contributed by atoms with Crippen molar-refractivity contribution >= 4 is 23.0 Å². The Labute approximate surface area is 247 Å². The summed E-state index contributed by atoms with van der Waals surface area (Å²) in [5.74, 6) is 0.384. The van der Waals surface area contributed by atoms with Gasteiger partial charge in [0.2, 0.25) is 6.29 Å². The second-order valence-electron chi connectivity index (χ2n) is 10.9. The highest BCUT2D eigenvalue weighted by molar-refractivity contribution is 5.93. The smallest absolute Gasteiger partial charge is 0.421 e. The van der Waals surface area contributed by atoms with Gasteiger partial charge < -0.3 is 19.1 Å². The van der Waals surface area contributed by atoms with E-state index in [1.165, 1.54) is 36.7 Å². The van der Waals surface area contributed by atoms with Gasteiger partial charge in [0.15, 0.2) is 0 Å². The van der Waals surface area contributed by atoms with Gasteiger partial charge in [-0.05, 0) is 82.8 Å². The highest BCUT2D eigenvalue weighted by atomic mass is 16.7. The standard InChI is InChI=1S/C34H52N2O5/c1-6-7-8-9-10-11-12-13-14-15-16-17-18-19-20-21-33(37)40-28(2)41-34(38)36-27-29(24-25-35(3)4)31-26-30(39-5)22-23-32(31)36/h10-11,13-14,22-23,26-28H,6-9,12,15-21,24-25H2,1-5H3/b11-10-,14-13-. The van der Waals surface area contributed by atoms with E-state index >= 15 is 0 Å². The molecule has 1 atom stereocenters. The van der Waals surface area contributed by atoms with Gasteiger partial charge in [-0.1, -0.05) is 63.3 Å². The van der Waals surface area contributed by atoms with Crippen molar-refractivity contribution in [2.45, 2.75) is 104 Å². The van der Waals surface area contributed by atoms with Crippen molar-refractivity contribution in [1.82, 2.24) is 9.47 Å². The molecular weight excluding hydrogens is 516 g/mol. The highest BCUT2D eigenvalue weighted by Gasteiger charge is 2.19. The lowest BCUT2D eigenvalue weighted by atomic mass is 10.1. The Morgan fingerprint density at radius 1 is 0.927 bits per heavy atom. The Bertz CT molecular complexity index is 1100. The second kappa shape index (κ2) is 19.9. The zero-order valence-electron chi connectivity index (χ0n) is 26.0. The van der Waals surface area contributed by atoms with E-state index in [4.69, 9.17) is 14.2 Å². The Morgan fingerprint density at radius 3 is 2.29 bits per heavy atom. The van der Waals surface area contributed by atoms with Crippen molar-refractivity contribution < 1.29 is 23.8 Å². The van der Waals surface area contributed by atoms with E-state index in [2.05, 4.69) is 36.1 Å². The number of benzene rings is 1. The van der Waals surface area contributed by atoms with Gasteiger partial charge in [0.25, 0.3) is 0 Å². The third-order valence-electron chi connectivity index (χ3n) is 7.01. The number of carbonyl (C=O) groups is 2. The van der Waals surface area contributed by atoms with Crippen LogP contribution in [0.1, 0.15) is 96.5 Å². The number of ether oxygens (including phenoxy) is 3. The number of rotatable bonds is 20. The number of allylic oxidation sites excluding steroid dienone is 4. The van der Waals surface area contributed by atoms with E-state index < -0.39 is 12.4 Å². The predicted molar refractivity (Wildman–Crippen MR) is 168 cm³/mol. The third kappa shape index (κ3) is 13.4. The number of hydrogen-bond acceptors (Lipinski definition) is 6. The summed E-state index contributed by atoms with van der Waals surface area (Å²) in [6.45, 7) is 4.65. The van der Waals surface area contributed by atoms with Crippen molar-refractivity contribution in [2.75, 3.05) is 27.7 Å². The minimum atomic E-state index is -0.964. The molecule has 1 unspecified atom stereocenters. The third-order valence-corrected chi connectivity index (χ3v) is 7.01. The van der Waals surface area contributed by atoms with Crippen molar-refractivity contribution in [3.63, 3.8) is 0 Å². The van der Waals surface area contributed by atoms with Gasteiger partial charge in [-0.2, -0.15) is 0 Å². The Balaban J connectivity index is 1.66. The van der Waals surface area contributed by atoms with Crippen LogP contribution >= 0.6 is 0 Å². The molecule has 0 fully saturated rings. The van der Waals surface area contributed by atoms with Crippen molar-refractivity contribution in [3.8, 4) is 5.75 Å². The highest BCUT2D eigenvalue weighted by Crippen LogP contribution is 2.27. The summed E-state index contributed by atoms with van der Waals surface area (Å²) in [5, 5.41) is 0.939. The molecule has 1 heterocycles. The molecule has 1 aromatic heterocycles. The fourth-order valence-corrected chi connectivity index (χ4v) is 4.65. The van der Waals surface area contributed by atoms with Gasteiger partial charge in [-0.25, -0.2) is 4.79 Å². The lowest BCUT2D eigenvalue weighted by molar-refractivity contribution is -0.164. The maximum absolute atomic E-state index is 13.0. The summed E-state index contributed by atoms with van der Waals surface area (Å²) in [6.07, 6.45) is 22.8. The number of nitrogens with zero attached hydrogens (tertiary/aromatic N) is 2. The van der Waals surface area contributed by atoms with E-state index in [1.807, 2.05) is 32.3 Å². The molecule has 0 radical (unpaired) electrons. The van der Waals surface area contributed by atoms with Gasteiger partial charge in [-0.3, -0.25) is 9.36 Å². The van der Waals surface area contributed by atoms with E-state index in [0.29, 0.717) is 6.42 Å². The fraction of sp³-hybridized carbons (Fsp3) is 0.588. The van der Waals surface area contributed by atoms with Crippen LogP contribution in [-0.2, 0) is 20.7 Å². The molecule has 0 saturated heterocycles. The number of esters is 1. The van der Waals surface area contributed by atoms with Gasteiger partial charge in [-0.15, -0.1) is 0 Å². The Kier molecular flexibility index (Phi) is 16.6. The predicted octanol–water partition coefficient (Wildman–Crippen LogP) is 8.44. The van der Waals surface area contributed by atoms with Crippen LogP contribution in [0.25, 0.3) is 10.9 Å². The fourth-order valence-electron chi connectivity index (χ4n) is 4.65. The molecule has 41 heavy (non-hydrogen) atoms. The number of hydrogen-bond donors (Lipinski definition) is 0. The van der Waals surface area contributed by atoms with Crippen LogP contribution < -0.4 is 4.74 Å². The molecule has 0 spiro atoms. The van der Waals surface area contributed by atoms with Crippen LogP contribution in [0.3, 0.4) is 0 Å². The minimum Gasteiger partial charge on any atom is -0.497 e. The van der Waals surface area contributed by atoms with Gasteiger partial charge in [0, 0.05) is 31.5 Å². The Morgan fingerprint density at radius 2 is 1.61 bits per heavy atom. The molecule has 0 amide bonds. The van der Waals surface area contributed by atoms with Crippen molar-refractivity contribution in [1.29, 1.82) is 0 Å². The molecule has 0 aliphatic heterocycles. The summed E-state index contributed by atoms with van der Waals surface area (Å²) >= 11 is 0. The first-order valence-electron chi connectivity index (χ1n) is 15.4. The molecule has 0 aliphatic carbocycles. The van der Waals surface area contributed by atoms with Crippen molar-refractivity contribution in [2.24, 2.45) is 0 Å². The summed E-state index contributed by atoms with van der Waals surface area (Å²) in [7, 11) is 5.65. The van der Waals surface area contributed by atoms with Crippen LogP contribution in [0.15, 0.2) is 48.7 Å². The van der Waals surface area contributed by atoms with Crippen LogP contribution in [0.2, 0.25) is 0 Å². The maximum atomic E-state index is 13.0.